The molecule has 3 heterocycles. The van der Waals surface area contributed by atoms with E-state index in [4.69, 9.17) is 11.6 Å². The lowest BCUT2D eigenvalue weighted by Crippen LogP contribution is -2.46. The third-order valence-corrected chi connectivity index (χ3v) is 8.34. The summed E-state index contributed by atoms with van der Waals surface area (Å²) in [5, 5.41) is 4.31. The molecule has 2 aromatic carbocycles. The fraction of sp³-hybridized carbons (Fsp3) is 0.200. The number of benzene rings is 2. The minimum absolute atomic E-state index is 0.0586. The van der Waals surface area contributed by atoms with Crippen molar-refractivity contribution in [3.05, 3.63) is 83.4 Å². The van der Waals surface area contributed by atoms with Crippen LogP contribution in [0.1, 0.15) is 23.7 Å². The number of carbonyl (C=O) groups excluding carboxylic acids is 1. The highest BCUT2D eigenvalue weighted by atomic mass is 35.5. The van der Waals surface area contributed by atoms with Gasteiger partial charge in [-0.25, -0.2) is 17.8 Å². The summed E-state index contributed by atoms with van der Waals surface area (Å²) in [6.07, 6.45) is 3.36. The van der Waals surface area contributed by atoms with E-state index in [-0.39, 0.29) is 17.4 Å². The number of sulfone groups is 1. The van der Waals surface area contributed by atoms with E-state index < -0.39 is 21.2 Å². The Morgan fingerprint density at radius 1 is 1.15 bits per heavy atom. The molecular formula is C25H21ClFN3O3S. The zero-order valence-electron chi connectivity index (χ0n) is 18.3. The molecule has 1 amide bonds. The molecule has 0 radical (unpaired) electrons. The number of pyridine rings is 1. The van der Waals surface area contributed by atoms with Gasteiger partial charge in [0.15, 0.2) is 9.84 Å². The van der Waals surface area contributed by atoms with E-state index in [0.29, 0.717) is 28.3 Å². The molecule has 0 saturated carbocycles. The Labute approximate surface area is 201 Å². The molecule has 0 spiro atoms. The summed E-state index contributed by atoms with van der Waals surface area (Å²) in [5.41, 5.74) is 1.91. The maximum absolute atomic E-state index is 13.5. The topological polar surface area (TPSA) is 81.1 Å². The van der Waals surface area contributed by atoms with Crippen LogP contribution in [0, 0.1) is 5.82 Å². The van der Waals surface area contributed by atoms with Gasteiger partial charge in [0.1, 0.15) is 11.6 Å². The molecule has 1 atom stereocenters. The number of nitrogens with zero attached hydrogens (tertiary/aromatic N) is 2. The van der Waals surface area contributed by atoms with Gasteiger partial charge in [-0.3, -0.25) is 4.79 Å². The molecule has 1 fully saturated rings. The number of hydrogen-bond donors (Lipinski definition) is 1. The smallest absolute Gasteiger partial charge is 0.251 e. The van der Waals surface area contributed by atoms with E-state index in [9.17, 15) is 17.6 Å². The lowest BCUT2D eigenvalue weighted by molar-refractivity contribution is 0.0915. The van der Waals surface area contributed by atoms with Crippen molar-refractivity contribution < 1.29 is 17.6 Å². The summed E-state index contributed by atoms with van der Waals surface area (Å²) in [4.78, 5) is 17.3. The van der Waals surface area contributed by atoms with Crippen LogP contribution in [0.3, 0.4) is 0 Å². The van der Waals surface area contributed by atoms with E-state index in [1.54, 1.807) is 35.8 Å². The van der Waals surface area contributed by atoms with Gasteiger partial charge in [0, 0.05) is 33.3 Å². The van der Waals surface area contributed by atoms with Gasteiger partial charge in [0.2, 0.25) is 0 Å². The van der Waals surface area contributed by atoms with E-state index in [0.717, 1.165) is 22.7 Å². The van der Waals surface area contributed by atoms with Gasteiger partial charge in [-0.2, -0.15) is 0 Å². The average molecular weight is 498 g/mol. The van der Waals surface area contributed by atoms with Gasteiger partial charge in [-0.05, 0) is 43.7 Å². The molecular weight excluding hydrogens is 477 g/mol. The normalized spacial score (nSPS) is 19.4. The van der Waals surface area contributed by atoms with Gasteiger partial charge in [-0.15, -0.1) is 0 Å². The standard InChI is InChI=1S/C25H21ClFN3O3S/c1-25(10-11-34(32,33)15-25)29-24(31)16-6-8-19-20(18-4-2-3-5-21(18)26)14-30(22(19)12-16)23-9-7-17(27)13-28-23/h2-9,12-14H,10-11,15H2,1H3,(H,29,31)/t25-/m0/s1. The molecule has 4 aromatic rings. The van der Waals surface area contributed by atoms with Crippen LogP contribution in [-0.2, 0) is 9.84 Å². The number of aromatic nitrogens is 2. The monoisotopic (exact) mass is 497 g/mol. The second kappa shape index (κ2) is 8.21. The highest BCUT2D eigenvalue weighted by molar-refractivity contribution is 7.91. The van der Waals surface area contributed by atoms with Crippen molar-refractivity contribution in [3.8, 4) is 16.9 Å². The molecule has 5 rings (SSSR count). The number of carbonyl (C=O) groups is 1. The van der Waals surface area contributed by atoms with Crippen molar-refractivity contribution in [2.75, 3.05) is 11.5 Å². The first-order chi connectivity index (χ1) is 16.1. The lowest BCUT2D eigenvalue weighted by Gasteiger charge is -2.24. The van der Waals surface area contributed by atoms with Crippen LogP contribution in [0.5, 0.6) is 0 Å². The molecule has 9 heteroatoms. The third-order valence-electron chi connectivity index (χ3n) is 6.11. The Morgan fingerprint density at radius 2 is 1.94 bits per heavy atom. The summed E-state index contributed by atoms with van der Waals surface area (Å²) in [7, 11) is -3.16. The zero-order valence-corrected chi connectivity index (χ0v) is 19.8. The summed E-state index contributed by atoms with van der Waals surface area (Å²) < 4.78 is 39.2. The van der Waals surface area contributed by atoms with Crippen molar-refractivity contribution >= 4 is 38.2 Å². The number of rotatable bonds is 4. The Hall–Kier alpha value is -3.23. The van der Waals surface area contributed by atoms with Crippen molar-refractivity contribution in [3.63, 3.8) is 0 Å². The molecule has 0 aliphatic carbocycles. The number of halogens is 2. The van der Waals surface area contributed by atoms with Crippen LogP contribution in [0.2, 0.25) is 5.02 Å². The molecule has 1 aliphatic heterocycles. The summed E-state index contributed by atoms with van der Waals surface area (Å²) in [6, 6.07) is 15.6. The van der Waals surface area contributed by atoms with Gasteiger partial charge < -0.3 is 9.88 Å². The number of hydrogen-bond acceptors (Lipinski definition) is 4. The molecule has 0 bridgehead atoms. The van der Waals surface area contributed by atoms with Crippen molar-refractivity contribution in [2.45, 2.75) is 18.9 Å². The van der Waals surface area contributed by atoms with E-state index in [2.05, 4.69) is 10.3 Å². The van der Waals surface area contributed by atoms with Crippen LogP contribution in [-0.4, -0.2) is 40.9 Å². The van der Waals surface area contributed by atoms with E-state index in [1.165, 1.54) is 6.07 Å². The minimum Gasteiger partial charge on any atom is -0.346 e. The number of nitrogens with one attached hydrogen (secondary N) is 1. The fourth-order valence-corrected chi connectivity index (χ4v) is 6.75. The first-order valence-corrected chi connectivity index (χ1v) is 12.9. The van der Waals surface area contributed by atoms with Gasteiger partial charge in [0.25, 0.3) is 5.91 Å². The Morgan fingerprint density at radius 3 is 2.62 bits per heavy atom. The summed E-state index contributed by atoms with van der Waals surface area (Å²) in [5.74, 6) is -0.355. The minimum atomic E-state index is -3.16. The Kier molecular flexibility index (Phi) is 5.45. The van der Waals surface area contributed by atoms with Crippen LogP contribution in [0.15, 0.2) is 67.0 Å². The largest absolute Gasteiger partial charge is 0.346 e. The van der Waals surface area contributed by atoms with Crippen molar-refractivity contribution in [2.24, 2.45) is 0 Å². The predicted molar refractivity (Wildman–Crippen MR) is 131 cm³/mol. The maximum atomic E-state index is 13.5. The summed E-state index contributed by atoms with van der Waals surface area (Å²) in [6.45, 7) is 1.74. The van der Waals surface area contributed by atoms with Crippen molar-refractivity contribution in [1.29, 1.82) is 0 Å². The predicted octanol–water partition coefficient (Wildman–Crippen LogP) is 4.79. The first kappa shape index (κ1) is 22.6. The van der Waals surface area contributed by atoms with Crippen LogP contribution in [0.25, 0.3) is 27.8 Å². The molecule has 0 unspecified atom stereocenters. The molecule has 2 aromatic heterocycles. The molecule has 1 aliphatic rings. The highest BCUT2D eigenvalue weighted by Crippen LogP contribution is 2.36. The fourth-order valence-electron chi connectivity index (χ4n) is 4.42. The second-order valence-electron chi connectivity index (χ2n) is 8.82. The molecule has 1 N–H and O–H groups in total. The summed E-state index contributed by atoms with van der Waals surface area (Å²) >= 11 is 6.46. The second-order valence-corrected chi connectivity index (χ2v) is 11.4. The quantitative estimate of drug-likeness (QED) is 0.439. The van der Waals surface area contributed by atoms with Gasteiger partial charge in [0.05, 0.1) is 28.8 Å². The zero-order chi connectivity index (χ0) is 24.1. The third kappa shape index (κ3) is 4.19. The Bertz CT molecular complexity index is 1530. The maximum Gasteiger partial charge on any atom is 0.251 e. The van der Waals surface area contributed by atoms with Crippen LogP contribution < -0.4 is 5.32 Å². The SMILES string of the molecule is C[C@]1(NC(=O)c2ccc3c(-c4ccccc4Cl)cn(-c4ccc(F)cn4)c3c2)CCS(=O)(=O)C1. The first-order valence-electron chi connectivity index (χ1n) is 10.7. The van der Waals surface area contributed by atoms with Crippen LogP contribution >= 0.6 is 11.6 Å². The van der Waals surface area contributed by atoms with E-state index in [1.807, 2.05) is 30.5 Å². The van der Waals surface area contributed by atoms with Crippen LogP contribution in [0.4, 0.5) is 4.39 Å². The highest BCUT2D eigenvalue weighted by Gasteiger charge is 2.39. The van der Waals surface area contributed by atoms with Crippen molar-refractivity contribution in [1.82, 2.24) is 14.9 Å². The lowest BCUT2D eigenvalue weighted by atomic mass is 10.0. The number of amides is 1. The van der Waals surface area contributed by atoms with E-state index >= 15 is 0 Å². The van der Waals surface area contributed by atoms with Gasteiger partial charge >= 0.3 is 0 Å². The van der Waals surface area contributed by atoms with Gasteiger partial charge in [-0.1, -0.05) is 35.9 Å². The Balaban J connectivity index is 1.62. The number of fused-ring (bicyclic) bond motifs is 1. The molecule has 1 saturated heterocycles. The molecule has 6 nitrogen and oxygen atoms in total. The average Bonchev–Trinajstić information content (AvgIpc) is 3.30. The molecule has 174 valence electrons. The molecule has 34 heavy (non-hydrogen) atoms.